The minimum atomic E-state index is -0.494. The summed E-state index contributed by atoms with van der Waals surface area (Å²) in [6.45, 7) is 9.08. The van der Waals surface area contributed by atoms with E-state index in [1.807, 2.05) is 26.8 Å². The van der Waals surface area contributed by atoms with Crippen molar-refractivity contribution in [3.8, 4) is 0 Å². The van der Waals surface area contributed by atoms with Crippen LogP contribution in [0.1, 0.15) is 62.4 Å². The Kier molecular flexibility index (Phi) is 6.49. The van der Waals surface area contributed by atoms with E-state index < -0.39 is 5.60 Å². The maximum Gasteiger partial charge on any atom is 0.410 e. The van der Waals surface area contributed by atoms with Gasteiger partial charge in [-0.25, -0.2) is 9.59 Å². The van der Waals surface area contributed by atoms with Gasteiger partial charge in [-0.3, -0.25) is 0 Å². The molecule has 0 aliphatic carbocycles. The Labute approximate surface area is 157 Å². The second kappa shape index (κ2) is 8.21. The molecule has 0 spiro atoms. The van der Waals surface area contributed by atoms with Gasteiger partial charge in [-0.1, -0.05) is 22.0 Å². The first-order valence-electron chi connectivity index (χ1n) is 8.65. The lowest BCUT2D eigenvalue weighted by Crippen LogP contribution is -2.42. The van der Waals surface area contributed by atoms with Gasteiger partial charge in [-0.05, 0) is 58.2 Å². The topological polar surface area (TPSA) is 55.8 Å². The number of ether oxygens (including phenoxy) is 2. The first-order valence-corrected chi connectivity index (χ1v) is 9.45. The molecule has 0 aromatic heterocycles. The molecule has 0 bridgehead atoms. The van der Waals surface area contributed by atoms with Crippen molar-refractivity contribution in [1.82, 2.24) is 4.90 Å². The standard InChI is InChI=1S/C19H26BrNO4/c1-5-24-17(22)13-8-9-15(16(20)11-13)14-7-6-10-21(12-14)18(23)25-19(2,3)4/h8-9,11,14H,5-7,10,12H2,1-4H3/t14-/m0/s1. The summed E-state index contributed by atoms with van der Waals surface area (Å²) in [5.41, 5.74) is 1.13. The van der Waals surface area contributed by atoms with Crippen LogP contribution in [0.5, 0.6) is 0 Å². The summed E-state index contributed by atoms with van der Waals surface area (Å²) in [6.07, 6.45) is 1.66. The Hall–Kier alpha value is -1.56. The molecular formula is C19H26BrNO4. The van der Waals surface area contributed by atoms with Crippen LogP contribution in [0.4, 0.5) is 4.79 Å². The summed E-state index contributed by atoms with van der Waals surface area (Å²) in [4.78, 5) is 25.9. The zero-order valence-corrected chi connectivity index (χ0v) is 16.9. The van der Waals surface area contributed by atoms with Crippen molar-refractivity contribution in [2.24, 2.45) is 0 Å². The summed E-state index contributed by atoms with van der Waals surface area (Å²) in [5.74, 6) is -0.110. The smallest absolute Gasteiger partial charge is 0.410 e. The lowest BCUT2D eigenvalue weighted by Gasteiger charge is -2.34. The average Bonchev–Trinajstić information content (AvgIpc) is 2.53. The Balaban J connectivity index is 2.10. The molecule has 1 saturated heterocycles. The first kappa shape index (κ1) is 19.8. The van der Waals surface area contributed by atoms with Gasteiger partial charge in [0.15, 0.2) is 0 Å². The van der Waals surface area contributed by atoms with Gasteiger partial charge in [0.25, 0.3) is 0 Å². The minimum Gasteiger partial charge on any atom is -0.462 e. The Morgan fingerprint density at radius 1 is 1.32 bits per heavy atom. The maximum atomic E-state index is 12.3. The number of carbonyl (C=O) groups excluding carboxylic acids is 2. The number of rotatable bonds is 3. The highest BCUT2D eigenvalue weighted by atomic mass is 79.9. The molecular weight excluding hydrogens is 386 g/mol. The van der Waals surface area contributed by atoms with Gasteiger partial charge in [0, 0.05) is 23.5 Å². The van der Waals surface area contributed by atoms with Crippen LogP contribution in [0.15, 0.2) is 22.7 Å². The first-order chi connectivity index (χ1) is 11.7. The lowest BCUT2D eigenvalue weighted by molar-refractivity contribution is 0.0198. The van der Waals surface area contributed by atoms with E-state index in [-0.39, 0.29) is 18.0 Å². The van der Waals surface area contributed by atoms with Crippen LogP contribution in [-0.2, 0) is 9.47 Å². The Bertz CT molecular complexity index is 639. The molecule has 25 heavy (non-hydrogen) atoms. The molecule has 0 N–H and O–H groups in total. The van der Waals surface area contributed by atoms with Crippen LogP contribution in [0.2, 0.25) is 0 Å². The molecule has 1 aromatic rings. The van der Waals surface area contributed by atoms with E-state index in [1.54, 1.807) is 24.0 Å². The predicted octanol–water partition coefficient (Wildman–Crippen LogP) is 4.74. The van der Waals surface area contributed by atoms with Crippen molar-refractivity contribution in [2.75, 3.05) is 19.7 Å². The van der Waals surface area contributed by atoms with Crippen molar-refractivity contribution >= 4 is 28.0 Å². The SMILES string of the molecule is CCOC(=O)c1ccc([C@H]2CCCN(C(=O)OC(C)(C)C)C2)c(Br)c1. The Morgan fingerprint density at radius 3 is 2.64 bits per heavy atom. The zero-order valence-electron chi connectivity index (χ0n) is 15.3. The molecule has 1 heterocycles. The molecule has 0 unspecified atom stereocenters. The third-order valence-electron chi connectivity index (χ3n) is 4.02. The number of hydrogen-bond donors (Lipinski definition) is 0. The summed E-state index contributed by atoms with van der Waals surface area (Å²) in [5, 5.41) is 0. The monoisotopic (exact) mass is 411 g/mol. The Morgan fingerprint density at radius 2 is 2.04 bits per heavy atom. The number of benzene rings is 1. The van der Waals surface area contributed by atoms with Crippen LogP contribution >= 0.6 is 15.9 Å². The summed E-state index contributed by atoms with van der Waals surface area (Å²) < 4.78 is 11.4. The molecule has 0 saturated carbocycles. The van der Waals surface area contributed by atoms with Gasteiger partial charge >= 0.3 is 12.1 Å². The predicted molar refractivity (Wildman–Crippen MR) is 99.9 cm³/mol. The molecule has 138 valence electrons. The molecule has 1 aliphatic rings. The van der Waals surface area contributed by atoms with Gasteiger partial charge in [0.05, 0.1) is 12.2 Å². The fourth-order valence-electron chi connectivity index (χ4n) is 2.92. The second-order valence-electron chi connectivity index (χ2n) is 7.22. The molecule has 6 heteroatoms. The van der Waals surface area contributed by atoms with E-state index in [1.165, 1.54) is 0 Å². The summed E-state index contributed by atoms with van der Waals surface area (Å²) in [7, 11) is 0. The van der Waals surface area contributed by atoms with Crippen molar-refractivity contribution in [3.63, 3.8) is 0 Å². The second-order valence-corrected chi connectivity index (χ2v) is 8.08. The molecule has 1 atom stereocenters. The van der Waals surface area contributed by atoms with Crippen LogP contribution in [0.25, 0.3) is 0 Å². The molecule has 1 aliphatic heterocycles. The van der Waals surface area contributed by atoms with Gasteiger partial charge in [0.2, 0.25) is 0 Å². The number of carbonyl (C=O) groups is 2. The molecule has 5 nitrogen and oxygen atoms in total. The van der Waals surface area contributed by atoms with Crippen molar-refractivity contribution < 1.29 is 19.1 Å². The van der Waals surface area contributed by atoms with Crippen LogP contribution in [0, 0.1) is 0 Å². The normalized spacial score (nSPS) is 18.0. The van der Waals surface area contributed by atoms with E-state index in [0.29, 0.717) is 25.3 Å². The molecule has 1 amide bonds. The summed E-state index contributed by atoms with van der Waals surface area (Å²) in [6, 6.07) is 5.52. The quantitative estimate of drug-likeness (QED) is 0.673. The van der Waals surface area contributed by atoms with E-state index in [2.05, 4.69) is 15.9 Å². The highest BCUT2D eigenvalue weighted by Crippen LogP contribution is 2.33. The van der Waals surface area contributed by atoms with Crippen molar-refractivity contribution in [2.45, 2.75) is 52.1 Å². The van der Waals surface area contributed by atoms with Crippen molar-refractivity contribution in [1.29, 1.82) is 0 Å². The molecule has 1 aromatic carbocycles. The highest BCUT2D eigenvalue weighted by molar-refractivity contribution is 9.10. The third-order valence-corrected chi connectivity index (χ3v) is 4.71. The van der Waals surface area contributed by atoms with Crippen molar-refractivity contribution in [3.05, 3.63) is 33.8 Å². The van der Waals surface area contributed by atoms with Gasteiger partial charge in [0.1, 0.15) is 5.60 Å². The zero-order chi connectivity index (χ0) is 18.6. The number of piperidine rings is 1. The summed E-state index contributed by atoms with van der Waals surface area (Å²) >= 11 is 3.57. The minimum absolute atomic E-state index is 0.215. The lowest BCUT2D eigenvalue weighted by atomic mass is 9.90. The van der Waals surface area contributed by atoms with Gasteiger partial charge in [-0.15, -0.1) is 0 Å². The van der Waals surface area contributed by atoms with E-state index >= 15 is 0 Å². The highest BCUT2D eigenvalue weighted by Gasteiger charge is 2.29. The van der Waals surface area contributed by atoms with E-state index in [4.69, 9.17) is 9.47 Å². The maximum absolute atomic E-state index is 12.3. The van der Waals surface area contributed by atoms with E-state index in [9.17, 15) is 9.59 Å². The fourth-order valence-corrected chi connectivity index (χ4v) is 3.63. The van der Waals surface area contributed by atoms with Crippen LogP contribution in [-0.4, -0.2) is 42.3 Å². The number of esters is 1. The van der Waals surface area contributed by atoms with E-state index in [0.717, 1.165) is 22.9 Å². The van der Waals surface area contributed by atoms with Gasteiger partial charge < -0.3 is 14.4 Å². The number of amides is 1. The largest absolute Gasteiger partial charge is 0.462 e. The average molecular weight is 412 g/mol. The third kappa shape index (κ3) is 5.46. The fraction of sp³-hybridized carbons (Fsp3) is 0.579. The molecule has 1 fully saturated rings. The van der Waals surface area contributed by atoms with Crippen LogP contribution < -0.4 is 0 Å². The molecule has 0 radical (unpaired) electrons. The number of halogens is 1. The number of hydrogen-bond acceptors (Lipinski definition) is 4. The van der Waals surface area contributed by atoms with Crippen LogP contribution in [0.3, 0.4) is 0 Å². The molecule has 2 rings (SSSR count). The number of likely N-dealkylation sites (tertiary alicyclic amines) is 1. The number of nitrogens with zero attached hydrogens (tertiary/aromatic N) is 1. The van der Waals surface area contributed by atoms with Gasteiger partial charge in [-0.2, -0.15) is 0 Å².